The first-order valence-electron chi connectivity index (χ1n) is 8.17. The van der Waals surface area contributed by atoms with Gasteiger partial charge in [-0.2, -0.15) is 5.10 Å². The van der Waals surface area contributed by atoms with Gasteiger partial charge in [-0.3, -0.25) is 5.10 Å². The van der Waals surface area contributed by atoms with Crippen molar-refractivity contribution in [3.05, 3.63) is 83.2 Å². The zero-order valence-electron chi connectivity index (χ0n) is 14.0. The van der Waals surface area contributed by atoms with Gasteiger partial charge in [-0.05, 0) is 35.9 Å². The van der Waals surface area contributed by atoms with Crippen LogP contribution in [-0.4, -0.2) is 25.1 Å². The van der Waals surface area contributed by atoms with Crippen molar-refractivity contribution in [2.75, 3.05) is 5.32 Å². The van der Waals surface area contributed by atoms with E-state index in [1.165, 1.54) is 6.33 Å². The zero-order valence-corrected chi connectivity index (χ0v) is 14.8. The number of rotatable bonds is 5. The molecule has 6 nitrogen and oxygen atoms in total. The Bertz CT molecular complexity index is 1050. The lowest BCUT2D eigenvalue weighted by Crippen LogP contribution is -2.04. The molecule has 2 heterocycles. The summed E-state index contributed by atoms with van der Waals surface area (Å²) in [5, 5.41) is 10.3. The van der Waals surface area contributed by atoms with E-state index in [0.717, 1.165) is 23.0 Å². The Morgan fingerprint density at radius 3 is 2.59 bits per heavy atom. The molecule has 0 atom stereocenters. The van der Waals surface area contributed by atoms with Crippen LogP contribution in [0.2, 0.25) is 5.02 Å². The van der Waals surface area contributed by atoms with Crippen molar-refractivity contribution in [3.8, 4) is 11.4 Å². The minimum absolute atomic E-state index is 0.277. The van der Waals surface area contributed by atoms with Crippen LogP contribution in [0.5, 0.6) is 0 Å². The molecule has 0 aliphatic rings. The molecule has 2 N–H and O–H groups in total. The number of nitrogens with zero attached hydrogens (tertiary/aromatic N) is 4. The summed E-state index contributed by atoms with van der Waals surface area (Å²) in [7, 11) is 0. The summed E-state index contributed by atoms with van der Waals surface area (Å²) in [5.74, 6) is 0.522. The number of benzene rings is 2. The molecule has 0 aliphatic carbocycles. The molecular weight excluding hydrogens is 367 g/mol. The fraction of sp³-hybridized carbons (Fsp3) is 0.0526. The first kappa shape index (κ1) is 17.1. The fourth-order valence-electron chi connectivity index (χ4n) is 2.59. The second-order valence-electron chi connectivity index (χ2n) is 5.79. The van der Waals surface area contributed by atoms with Crippen LogP contribution >= 0.6 is 11.6 Å². The molecule has 0 unspecified atom stereocenters. The van der Waals surface area contributed by atoms with Gasteiger partial charge in [0.2, 0.25) is 5.95 Å². The van der Waals surface area contributed by atoms with E-state index in [4.69, 9.17) is 11.6 Å². The highest BCUT2D eigenvalue weighted by Gasteiger charge is 2.10. The van der Waals surface area contributed by atoms with Crippen molar-refractivity contribution >= 4 is 23.2 Å². The number of hydrogen-bond acceptors (Lipinski definition) is 5. The van der Waals surface area contributed by atoms with Gasteiger partial charge in [0, 0.05) is 22.7 Å². The minimum Gasteiger partial charge on any atom is -0.324 e. The van der Waals surface area contributed by atoms with Crippen LogP contribution in [0.3, 0.4) is 0 Å². The number of nitrogens with one attached hydrogen (secondary N) is 2. The molecule has 0 saturated heterocycles. The maximum Gasteiger partial charge on any atom is 0.227 e. The van der Waals surface area contributed by atoms with E-state index in [0.29, 0.717) is 16.8 Å². The second-order valence-corrected chi connectivity index (χ2v) is 6.20. The number of hydrogen-bond donors (Lipinski definition) is 2. The lowest BCUT2D eigenvalue weighted by molar-refractivity contribution is 0.597. The predicted molar refractivity (Wildman–Crippen MR) is 101 cm³/mol. The molecular formula is C19H14ClFN6. The summed E-state index contributed by atoms with van der Waals surface area (Å²) in [4.78, 5) is 12.4. The summed E-state index contributed by atoms with van der Waals surface area (Å²) in [6.45, 7) is 0. The lowest BCUT2D eigenvalue weighted by atomic mass is 10.1. The van der Waals surface area contributed by atoms with Crippen LogP contribution in [-0.2, 0) is 6.42 Å². The average molecular weight is 381 g/mol. The summed E-state index contributed by atoms with van der Waals surface area (Å²) in [5.41, 5.74) is 2.75. The Kier molecular flexibility index (Phi) is 4.76. The Balaban J connectivity index is 1.53. The van der Waals surface area contributed by atoms with Gasteiger partial charge in [0.05, 0.1) is 11.9 Å². The molecule has 0 saturated carbocycles. The van der Waals surface area contributed by atoms with Gasteiger partial charge in [-0.1, -0.05) is 29.8 Å². The Hall–Kier alpha value is -3.32. The SMILES string of the molecule is Fc1cnc(Nc2ccc(-c3ncn[nH]3)cc2)nc1Cc1ccccc1Cl. The van der Waals surface area contributed by atoms with E-state index in [9.17, 15) is 4.39 Å². The molecule has 134 valence electrons. The predicted octanol–water partition coefficient (Wildman–Crippen LogP) is 4.39. The number of aromatic amines is 1. The molecule has 0 aliphatic heterocycles. The Labute approximate surface area is 159 Å². The molecule has 4 aromatic rings. The highest BCUT2D eigenvalue weighted by atomic mass is 35.5. The van der Waals surface area contributed by atoms with Crippen LogP contribution in [0.15, 0.2) is 61.1 Å². The number of halogens is 2. The average Bonchev–Trinajstić information content (AvgIpc) is 3.22. The molecule has 2 aromatic carbocycles. The van der Waals surface area contributed by atoms with E-state index in [1.807, 2.05) is 42.5 Å². The first-order valence-corrected chi connectivity index (χ1v) is 8.54. The van der Waals surface area contributed by atoms with E-state index in [2.05, 4.69) is 30.5 Å². The van der Waals surface area contributed by atoms with E-state index < -0.39 is 5.82 Å². The maximum atomic E-state index is 14.1. The van der Waals surface area contributed by atoms with Crippen molar-refractivity contribution < 1.29 is 4.39 Å². The lowest BCUT2D eigenvalue weighted by Gasteiger charge is -2.09. The minimum atomic E-state index is -0.471. The Morgan fingerprint density at radius 1 is 1.04 bits per heavy atom. The number of anilines is 2. The first-order chi connectivity index (χ1) is 13.2. The standard InChI is InChI=1S/C19H14ClFN6/c20-15-4-2-1-3-13(15)9-17-16(21)10-22-19(26-17)25-14-7-5-12(6-8-14)18-23-11-24-27-18/h1-8,10-11H,9H2,(H,22,25,26)(H,23,24,27). The summed E-state index contributed by atoms with van der Waals surface area (Å²) >= 11 is 6.16. The molecule has 27 heavy (non-hydrogen) atoms. The van der Waals surface area contributed by atoms with E-state index in [-0.39, 0.29) is 12.1 Å². The zero-order chi connectivity index (χ0) is 18.6. The largest absolute Gasteiger partial charge is 0.324 e. The third kappa shape index (κ3) is 3.93. The van der Waals surface area contributed by atoms with E-state index in [1.54, 1.807) is 6.07 Å². The molecule has 0 amide bonds. The van der Waals surface area contributed by atoms with Gasteiger partial charge in [0.15, 0.2) is 11.6 Å². The molecule has 0 spiro atoms. The van der Waals surface area contributed by atoms with Gasteiger partial charge in [0.1, 0.15) is 6.33 Å². The monoisotopic (exact) mass is 380 g/mol. The van der Waals surface area contributed by atoms with Gasteiger partial charge < -0.3 is 5.32 Å². The smallest absolute Gasteiger partial charge is 0.227 e. The van der Waals surface area contributed by atoms with Crippen LogP contribution in [0, 0.1) is 5.82 Å². The maximum absolute atomic E-state index is 14.1. The van der Waals surface area contributed by atoms with Crippen LogP contribution in [0.4, 0.5) is 16.0 Å². The topological polar surface area (TPSA) is 79.4 Å². The van der Waals surface area contributed by atoms with E-state index >= 15 is 0 Å². The number of H-pyrrole nitrogens is 1. The quantitative estimate of drug-likeness (QED) is 0.536. The fourth-order valence-corrected chi connectivity index (χ4v) is 2.80. The van der Waals surface area contributed by atoms with Crippen LogP contribution in [0.1, 0.15) is 11.3 Å². The molecule has 0 bridgehead atoms. The van der Waals surface area contributed by atoms with Crippen molar-refractivity contribution in [2.24, 2.45) is 0 Å². The summed E-state index contributed by atoms with van der Waals surface area (Å²) < 4.78 is 14.1. The second kappa shape index (κ2) is 7.51. The highest BCUT2D eigenvalue weighted by Crippen LogP contribution is 2.22. The molecule has 8 heteroatoms. The van der Waals surface area contributed by atoms with Gasteiger partial charge >= 0.3 is 0 Å². The van der Waals surface area contributed by atoms with Crippen LogP contribution < -0.4 is 5.32 Å². The van der Waals surface area contributed by atoms with Crippen LogP contribution in [0.25, 0.3) is 11.4 Å². The normalized spacial score (nSPS) is 10.7. The third-order valence-electron chi connectivity index (χ3n) is 3.96. The molecule has 4 rings (SSSR count). The highest BCUT2D eigenvalue weighted by molar-refractivity contribution is 6.31. The van der Waals surface area contributed by atoms with Gasteiger partial charge in [-0.15, -0.1) is 0 Å². The van der Waals surface area contributed by atoms with Crippen molar-refractivity contribution in [3.63, 3.8) is 0 Å². The summed E-state index contributed by atoms with van der Waals surface area (Å²) in [6.07, 6.45) is 2.89. The van der Waals surface area contributed by atoms with Gasteiger partial charge in [0.25, 0.3) is 0 Å². The van der Waals surface area contributed by atoms with Gasteiger partial charge in [-0.25, -0.2) is 19.3 Å². The van der Waals surface area contributed by atoms with Crippen molar-refractivity contribution in [2.45, 2.75) is 6.42 Å². The Morgan fingerprint density at radius 2 is 1.85 bits per heavy atom. The molecule has 0 fully saturated rings. The van der Waals surface area contributed by atoms with Crippen molar-refractivity contribution in [1.29, 1.82) is 0 Å². The van der Waals surface area contributed by atoms with Crippen molar-refractivity contribution in [1.82, 2.24) is 25.1 Å². The number of aromatic nitrogens is 5. The summed E-state index contributed by atoms with van der Waals surface area (Å²) in [6, 6.07) is 14.8. The third-order valence-corrected chi connectivity index (χ3v) is 4.33. The molecule has 2 aromatic heterocycles. The molecule has 0 radical (unpaired) electrons.